The van der Waals surface area contributed by atoms with Gasteiger partial charge in [-0.2, -0.15) is 4.31 Å². The number of amides is 1. The number of aromatic nitrogens is 3. The summed E-state index contributed by atoms with van der Waals surface area (Å²) in [5.74, 6) is -0.109. The predicted molar refractivity (Wildman–Crippen MR) is 120 cm³/mol. The molecule has 1 amide bonds. The molecule has 0 bridgehead atoms. The van der Waals surface area contributed by atoms with Crippen LogP contribution in [0.1, 0.15) is 20.3 Å². The molecule has 0 aliphatic carbocycles. The van der Waals surface area contributed by atoms with Gasteiger partial charge in [0, 0.05) is 19.5 Å². The summed E-state index contributed by atoms with van der Waals surface area (Å²) in [6, 6.07) is 11.1. The number of fused-ring (bicyclic) bond motifs is 1. The molecule has 3 aromatic rings. The van der Waals surface area contributed by atoms with E-state index in [1.807, 2.05) is 0 Å². The Morgan fingerprint density at radius 3 is 2.56 bits per heavy atom. The van der Waals surface area contributed by atoms with Crippen LogP contribution in [0.3, 0.4) is 0 Å². The van der Waals surface area contributed by atoms with Crippen molar-refractivity contribution >= 4 is 32.5 Å². The number of anilines is 1. The zero-order valence-electron chi connectivity index (χ0n) is 18.1. The normalized spacial score (nSPS) is 11.6. The van der Waals surface area contributed by atoms with Crippen LogP contribution in [0.25, 0.3) is 10.9 Å². The molecule has 1 heterocycles. The lowest BCUT2D eigenvalue weighted by Gasteiger charge is -2.19. The number of methoxy groups -OCH3 is 1. The first-order valence-electron chi connectivity index (χ1n) is 10.1. The van der Waals surface area contributed by atoms with Crippen molar-refractivity contribution in [2.45, 2.75) is 31.7 Å². The fraction of sp³-hybridized carbons (Fsp3) is 0.333. The molecule has 0 saturated carbocycles. The van der Waals surface area contributed by atoms with Gasteiger partial charge in [0.05, 0.1) is 29.6 Å². The van der Waals surface area contributed by atoms with Gasteiger partial charge in [0.2, 0.25) is 15.9 Å². The summed E-state index contributed by atoms with van der Waals surface area (Å²) in [7, 11) is -2.28. The van der Waals surface area contributed by atoms with E-state index < -0.39 is 15.9 Å². The average molecular weight is 460 g/mol. The molecule has 0 saturated heterocycles. The smallest absolute Gasteiger partial charge is 0.277 e. The number of hydrogen-bond acceptors (Lipinski definition) is 7. The van der Waals surface area contributed by atoms with Gasteiger partial charge in [0.25, 0.3) is 5.56 Å². The summed E-state index contributed by atoms with van der Waals surface area (Å²) in [5, 5.41) is 10.9. The summed E-state index contributed by atoms with van der Waals surface area (Å²) in [6.45, 7) is 4.18. The van der Waals surface area contributed by atoms with Gasteiger partial charge in [0.1, 0.15) is 11.3 Å². The molecule has 1 N–H and O–H groups in total. The predicted octanol–water partition coefficient (Wildman–Crippen LogP) is 1.86. The number of nitrogens with one attached hydrogen (secondary N) is 1. The van der Waals surface area contributed by atoms with Crippen molar-refractivity contribution in [3.8, 4) is 5.75 Å². The van der Waals surface area contributed by atoms with Gasteiger partial charge in [-0.3, -0.25) is 9.59 Å². The van der Waals surface area contributed by atoms with Crippen molar-refractivity contribution in [3.63, 3.8) is 0 Å². The number of ether oxygens (including phenoxy) is 1. The second kappa shape index (κ2) is 9.88. The fourth-order valence-corrected chi connectivity index (χ4v) is 4.73. The van der Waals surface area contributed by atoms with E-state index in [1.54, 1.807) is 38.1 Å². The molecule has 2 aromatic carbocycles. The molecule has 3 rings (SSSR count). The van der Waals surface area contributed by atoms with Gasteiger partial charge in [-0.15, -0.1) is 5.10 Å². The van der Waals surface area contributed by atoms with Crippen LogP contribution in [0.4, 0.5) is 5.69 Å². The number of benzene rings is 2. The third-order valence-electron chi connectivity index (χ3n) is 4.97. The number of aryl methyl sites for hydroxylation is 1. The van der Waals surface area contributed by atoms with Crippen molar-refractivity contribution in [1.82, 2.24) is 19.3 Å². The molecule has 170 valence electrons. The highest BCUT2D eigenvalue weighted by Crippen LogP contribution is 2.29. The fourth-order valence-electron chi connectivity index (χ4n) is 3.25. The van der Waals surface area contributed by atoms with E-state index in [-0.39, 0.29) is 29.1 Å². The van der Waals surface area contributed by atoms with E-state index in [0.717, 1.165) is 4.68 Å². The first-order valence-corrected chi connectivity index (χ1v) is 11.6. The van der Waals surface area contributed by atoms with Crippen LogP contribution in [0.15, 0.2) is 52.2 Å². The molecule has 32 heavy (non-hydrogen) atoms. The van der Waals surface area contributed by atoms with Gasteiger partial charge < -0.3 is 10.1 Å². The Morgan fingerprint density at radius 2 is 1.88 bits per heavy atom. The molecular weight excluding hydrogens is 434 g/mol. The van der Waals surface area contributed by atoms with Gasteiger partial charge >= 0.3 is 0 Å². The lowest BCUT2D eigenvalue weighted by molar-refractivity contribution is -0.116. The molecule has 10 nitrogen and oxygen atoms in total. The number of carbonyl (C=O) groups excluding carboxylic acids is 1. The van der Waals surface area contributed by atoms with Gasteiger partial charge in [-0.05, 0) is 30.3 Å². The number of carbonyl (C=O) groups is 1. The second-order valence-corrected chi connectivity index (χ2v) is 8.82. The van der Waals surface area contributed by atoms with Crippen molar-refractivity contribution < 1.29 is 17.9 Å². The Kier molecular flexibility index (Phi) is 7.21. The van der Waals surface area contributed by atoms with Crippen LogP contribution in [-0.2, 0) is 21.4 Å². The van der Waals surface area contributed by atoms with Crippen molar-refractivity contribution in [2.24, 2.45) is 0 Å². The number of nitrogens with zero attached hydrogens (tertiary/aromatic N) is 4. The minimum absolute atomic E-state index is 0.0161. The average Bonchev–Trinajstić information content (AvgIpc) is 2.79. The summed E-state index contributed by atoms with van der Waals surface area (Å²) >= 11 is 0. The van der Waals surface area contributed by atoms with Crippen LogP contribution in [-0.4, -0.2) is 53.8 Å². The van der Waals surface area contributed by atoms with Crippen LogP contribution < -0.4 is 15.6 Å². The minimum atomic E-state index is -3.70. The first-order chi connectivity index (χ1) is 15.3. The molecule has 0 aliphatic rings. The highest BCUT2D eigenvalue weighted by Gasteiger charge is 2.23. The van der Waals surface area contributed by atoms with Crippen molar-refractivity contribution in [2.75, 3.05) is 25.5 Å². The molecule has 0 radical (unpaired) electrons. The van der Waals surface area contributed by atoms with Crippen LogP contribution in [0, 0.1) is 0 Å². The van der Waals surface area contributed by atoms with E-state index in [0.29, 0.717) is 29.7 Å². The summed E-state index contributed by atoms with van der Waals surface area (Å²) in [4.78, 5) is 25.1. The Morgan fingerprint density at radius 1 is 1.16 bits per heavy atom. The second-order valence-electron chi connectivity index (χ2n) is 6.88. The Bertz CT molecular complexity index is 1290. The lowest BCUT2D eigenvalue weighted by Crippen LogP contribution is -2.30. The van der Waals surface area contributed by atoms with Gasteiger partial charge in [0.15, 0.2) is 0 Å². The highest BCUT2D eigenvalue weighted by atomic mass is 32.2. The van der Waals surface area contributed by atoms with E-state index in [2.05, 4.69) is 15.6 Å². The largest absolute Gasteiger partial charge is 0.495 e. The molecule has 1 aromatic heterocycles. The Labute approximate surface area is 185 Å². The zero-order chi connectivity index (χ0) is 23.3. The molecule has 0 unspecified atom stereocenters. The number of rotatable bonds is 9. The molecular formula is C21H25N5O5S. The minimum Gasteiger partial charge on any atom is -0.495 e. The summed E-state index contributed by atoms with van der Waals surface area (Å²) in [6.07, 6.45) is -0.0664. The maximum absolute atomic E-state index is 12.8. The highest BCUT2D eigenvalue weighted by molar-refractivity contribution is 7.89. The van der Waals surface area contributed by atoms with E-state index in [4.69, 9.17) is 4.74 Å². The molecule has 0 spiro atoms. The van der Waals surface area contributed by atoms with Crippen molar-refractivity contribution in [3.05, 3.63) is 52.8 Å². The van der Waals surface area contributed by atoms with Crippen LogP contribution >= 0.6 is 0 Å². The third kappa shape index (κ3) is 4.78. The maximum atomic E-state index is 12.8. The molecule has 11 heteroatoms. The van der Waals surface area contributed by atoms with Crippen LogP contribution in [0.2, 0.25) is 0 Å². The van der Waals surface area contributed by atoms with Crippen molar-refractivity contribution in [1.29, 1.82) is 0 Å². The monoisotopic (exact) mass is 459 g/mol. The van der Waals surface area contributed by atoms with E-state index >= 15 is 0 Å². The molecule has 0 aliphatic heterocycles. The van der Waals surface area contributed by atoms with E-state index in [1.165, 1.54) is 29.6 Å². The Balaban J connectivity index is 1.79. The standard InChI is InChI=1S/C21H25N5O5S/c1-4-25(5-2)32(29,30)15-10-11-19(31-3)18(14-15)22-20(27)12-13-26-21(28)16-8-6-7-9-17(16)23-24-26/h6-11,14H,4-5,12-13H2,1-3H3,(H,22,27). The Hall–Kier alpha value is -3.31. The summed E-state index contributed by atoms with van der Waals surface area (Å²) < 4.78 is 33.3. The van der Waals surface area contributed by atoms with E-state index in [9.17, 15) is 18.0 Å². The first kappa shape index (κ1) is 23.4. The number of sulfonamides is 1. The van der Waals surface area contributed by atoms with Gasteiger partial charge in [-0.1, -0.05) is 31.2 Å². The number of hydrogen-bond donors (Lipinski definition) is 1. The van der Waals surface area contributed by atoms with Gasteiger partial charge in [-0.25, -0.2) is 13.1 Å². The molecule has 0 atom stereocenters. The molecule has 0 fully saturated rings. The topological polar surface area (TPSA) is 123 Å². The maximum Gasteiger partial charge on any atom is 0.277 e. The quantitative estimate of drug-likeness (QED) is 0.518. The third-order valence-corrected chi connectivity index (χ3v) is 7.01. The SMILES string of the molecule is CCN(CC)S(=O)(=O)c1ccc(OC)c(NC(=O)CCn2nnc3ccccc3c2=O)c1. The zero-order valence-corrected chi connectivity index (χ0v) is 18.9. The summed E-state index contributed by atoms with van der Waals surface area (Å²) in [5.41, 5.74) is 0.366. The van der Waals surface area contributed by atoms with Crippen LogP contribution in [0.5, 0.6) is 5.75 Å². The lowest BCUT2D eigenvalue weighted by atomic mass is 10.2.